The number of carbonyl (C=O) groups is 1. The zero-order valence-electron chi connectivity index (χ0n) is 16.8. The number of nitrogens with zero attached hydrogens (tertiary/aromatic N) is 3. The lowest BCUT2D eigenvalue weighted by Gasteiger charge is -2.10. The van der Waals surface area contributed by atoms with Crippen LogP contribution in [0.15, 0.2) is 72.4 Å². The molecule has 0 saturated carbocycles. The van der Waals surface area contributed by atoms with E-state index in [0.717, 1.165) is 17.0 Å². The lowest BCUT2D eigenvalue weighted by Crippen LogP contribution is -2.24. The van der Waals surface area contributed by atoms with E-state index in [1.54, 1.807) is 0 Å². The second-order valence-corrected chi connectivity index (χ2v) is 7.98. The summed E-state index contributed by atoms with van der Waals surface area (Å²) in [5, 5.41) is 12.3. The monoisotopic (exact) mass is 406 g/mol. The zero-order valence-corrected chi connectivity index (χ0v) is 17.7. The first-order valence-electron chi connectivity index (χ1n) is 9.66. The summed E-state index contributed by atoms with van der Waals surface area (Å²) < 4.78 is 1.99. The van der Waals surface area contributed by atoms with Gasteiger partial charge in [0.1, 0.15) is 0 Å². The Morgan fingerprint density at radius 1 is 1.14 bits per heavy atom. The molecule has 5 nitrogen and oxygen atoms in total. The summed E-state index contributed by atoms with van der Waals surface area (Å²) in [6.07, 6.45) is 1.81. The number of aromatic nitrogens is 3. The van der Waals surface area contributed by atoms with E-state index in [1.165, 1.54) is 17.3 Å². The molecule has 1 heterocycles. The lowest BCUT2D eigenvalue weighted by molar-refractivity contribution is -0.118. The van der Waals surface area contributed by atoms with Crippen LogP contribution in [0.5, 0.6) is 0 Å². The number of thioether (sulfide) groups is 1. The smallest absolute Gasteiger partial charge is 0.230 e. The molecule has 150 valence electrons. The maximum atomic E-state index is 12.2. The molecular formula is C23H26N4OS. The van der Waals surface area contributed by atoms with Gasteiger partial charge in [0.2, 0.25) is 5.91 Å². The summed E-state index contributed by atoms with van der Waals surface area (Å²) in [5.41, 5.74) is 3.37. The molecule has 0 aliphatic rings. The number of allylic oxidation sites excluding steroid dienone is 1. The molecule has 1 amide bonds. The molecular weight excluding hydrogens is 380 g/mol. The normalized spacial score (nSPS) is 10.9. The molecule has 3 aromatic rings. The van der Waals surface area contributed by atoms with Gasteiger partial charge >= 0.3 is 0 Å². The zero-order chi connectivity index (χ0) is 20.6. The van der Waals surface area contributed by atoms with Gasteiger partial charge in [-0.1, -0.05) is 86.3 Å². The van der Waals surface area contributed by atoms with Gasteiger partial charge in [0.15, 0.2) is 11.0 Å². The lowest BCUT2D eigenvalue weighted by atomic mass is 10.0. The first-order chi connectivity index (χ1) is 14.1. The Kier molecular flexibility index (Phi) is 7.25. The summed E-state index contributed by atoms with van der Waals surface area (Å²) in [5.74, 6) is 1.52. The van der Waals surface area contributed by atoms with Crippen LogP contribution in [0.3, 0.4) is 0 Å². The summed E-state index contributed by atoms with van der Waals surface area (Å²) in [7, 11) is 0. The molecule has 0 aliphatic carbocycles. The Balaban J connectivity index is 1.66. The predicted molar refractivity (Wildman–Crippen MR) is 119 cm³/mol. The van der Waals surface area contributed by atoms with Gasteiger partial charge in [-0.05, 0) is 17.0 Å². The third kappa shape index (κ3) is 5.57. The van der Waals surface area contributed by atoms with Crippen molar-refractivity contribution in [3.63, 3.8) is 0 Å². The Hall–Kier alpha value is -2.86. The highest BCUT2D eigenvalue weighted by molar-refractivity contribution is 7.99. The van der Waals surface area contributed by atoms with Crippen molar-refractivity contribution in [3.8, 4) is 11.4 Å². The van der Waals surface area contributed by atoms with E-state index in [0.29, 0.717) is 24.2 Å². The molecule has 1 aromatic heterocycles. The maximum absolute atomic E-state index is 12.2. The van der Waals surface area contributed by atoms with Gasteiger partial charge in [-0.3, -0.25) is 9.36 Å². The van der Waals surface area contributed by atoms with Crippen LogP contribution in [-0.4, -0.2) is 26.4 Å². The van der Waals surface area contributed by atoms with Gasteiger partial charge in [-0.2, -0.15) is 0 Å². The van der Waals surface area contributed by atoms with E-state index >= 15 is 0 Å². The van der Waals surface area contributed by atoms with Crippen molar-refractivity contribution in [1.29, 1.82) is 0 Å². The fourth-order valence-electron chi connectivity index (χ4n) is 2.90. The minimum absolute atomic E-state index is 0.0326. The van der Waals surface area contributed by atoms with E-state index in [2.05, 4.69) is 60.2 Å². The van der Waals surface area contributed by atoms with Crippen LogP contribution in [0.1, 0.15) is 30.9 Å². The highest BCUT2D eigenvalue weighted by atomic mass is 32.2. The van der Waals surface area contributed by atoms with Gasteiger partial charge in [0, 0.05) is 18.7 Å². The number of hydrogen-bond acceptors (Lipinski definition) is 4. The molecule has 29 heavy (non-hydrogen) atoms. The van der Waals surface area contributed by atoms with E-state index < -0.39 is 0 Å². The Morgan fingerprint density at radius 3 is 2.52 bits per heavy atom. The van der Waals surface area contributed by atoms with Crippen molar-refractivity contribution in [2.24, 2.45) is 0 Å². The highest BCUT2D eigenvalue weighted by Crippen LogP contribution is 2.25. The third-order valence-corrected chi connectivity index (χ3v) is 5.50. The molecule has 0 saturated heterocycles. The number of carbonyl (C=O) groups excluding carboxylic acids is 1. The van der Waals surface area contributed by atoms with Gasteiger partial charge in [0.25, 0.3) is 0 Å². The molecule has 2 aromatic carbocycles. The third-order valence-electron chi connectivity index (χ3n) is 4.53. The Morgan fingerprint density at radius 2 is 1.86 bits per heavy atom. The number of hydrogen-bond donors (Lipinski definition) is 1. The second kappa shape index (κ2) is 10.1. The number of benzene rings is 2. The summed E-state index contributed by atoms with van der Waals surface area (Å²) in [6.45, 7) is 9.30. The van der Waals surface area contributed by atoms with Crippen molar-refractivity contribution in [2.45, 2.75) is 38.0 Å². The molecule has 0 unspecified atom stereocenters. The topological polar surface area (TPSA) is 59.8 Å². The van der Waals surface area contributed by atoms with Crippen molar-refractivity contribution in [2.75, 3.05) is 5.75 Å². The summed E-state index contributed by atoms with van der Waals surface area (Å²) in [6, 6.07) is 18.2. The van der Waals surface area contributed by atoms with Crippen molar-refractivity contribution in [1.82, 2.24) is 20.1 Å². The minimum atomic E-state index is -0.0326. The fraction of sp³-hybridized carbons (Fsp3) is 0.261. The number of rotatable bonds is 9. The van der Waals surface area contributed by atoms with E-state index in [9.17, 15) is 4.79 Å². The van der Waals surface area contributed by atoms with Crippen LogP contribution in [0.2, 0.25) is 0 Å². The van der Waals surface area contributed by atoms with Gasteiger partial charge in [-0.15, -0.1) is 16.8 Å². The predicted octanol–water partition coefficient (Wildman–Crippen LogP) is 4.66. The first kappa shape index (κ1) is 20.9. The Bertz CT molecular complexity index is 949. The molecule has 0 radical (unpaired) electrons. The van der Waals surface area contributed by atoms with Crippen molar-refractivity contribution >= 4 is 17.7 Å². The summed E-state index contributed by atoms with van der Waals surface area (Å²) in [4.78, 5) is 12.2. The second-order valence-electron chi connectivity index (χ2n) is 7.03. The Labute approximate surface area is 176 Å². The fourth-order valence-corrected chi connectivity index (χ4v) is 3.68. The van der Waals surface area contributed by atoms with Gasteiger partial charge in [-0.25, -0.2) is 0 Å². The van der Waals surface area contributed by atoms with Crippen LogP contribution in [0.4, 0.5) is 0 Å². The standard InChI is InChI=1S/C23H26N4OS/c1-4-14-27-22(20-12-10-19(11-13-20)17(2)3)25-26-23(27)29-16-21(28)24-15-18-8-6-5-7-9-18/h4-13,17H,1,14-16H2,2-3H3,(H,24,28). The van der Waals surface area contributed by atoms with Crippen LogP contribution < -0.4 is 5.32 Å². The largest absolute Gasteiger partial charge is 0.351 e. The highest BCUT2D eigenvalue weighted by Gasteiger charge is 2.15. The van der Waals surface area contributed by atoms with Crippen molar-refractivity contribution < 1.29 is 4.79 Å². The SMILES string of the molecule is C=CCn1c(SCC(=O)NCc2ccccc2)nnc1-c1ccc(C(C)C)cc1. The van der Waals surface area contributed by atoms with Crippen LogP contribution in [0.25, 0.3) is 11.4 Å². The maximum Gasteiger partial charge on any atom is 0.230 e. The van der Waals surface area contributed by atoms with E-state index in [1.807, 2.05) is 41.0 Å². The van der Waals surface area contributed by atoms with E-state index in [4.69, 9.17) is 0 Å². The molecule has 0 aliphatic heterocycles. The van der Waals surface area contributed by atoms with Gasteiger partial charge < -0.3 is 5.32 Å². The summed E-state index contributed by atoms with van der Waals surface area (Å²) >= 11 is 1.38. The average molecular weight is 407 g/mol. The van der Waals surface area contributed by atoms with Crippen LogP contribution >= 0.6 is 11.8 Å². The molecule has 3 rings (SSSR count). The quantitative estimate of drug-likeness (QED) is 0.415. The first-order valence-corrected chi connectivity index (χ1v) is 10.6. The molecule has 0 spiro atoms. The molecule has 1 N–H and O–H groups in total. The van der Waals surface area contributed by atoms with Crippen LogP contribution in [-0.2, 0) is 17.9 Å². The number of nitrogens with one attached hydrogen (secondary N) is 1. The minimum Gasteiger partial charge on any atom is -0.351 e. The molecule has 6 heteroatoms. The van der Waals surface area contributed by atoms with E-state index in [-0.39, 0.29) is 11.7 Å². The van der Waals surface area contributed by atoms with Crippen LogP contribution in [0, 0.1) is 0 Å². The molecule has 0 atom stereocenters. The average Bonchev–Trinajstić information content (AvgIpc) is 3.14. The number of amides is 1. The van der Waals surface area contributed by atoms with Gasteiger partial charge in [0.05, 0.1) is 5.75 Å². The molecule has 0 bridgehead atoms. The molecule has 0 fully saturated rings. The van der Waals surface area contributed by atoms with Crippen molar-refractivity contribution in [3.05, 3.63) is 78.4 Å².